The topological polar surface area (TPSA) is 168 Å². The fraction of sp³-hybridized carbons (Fsp3) is 0.407. The van der Waals surface area contributed by atoms with E-state index in [1.54, 1.807) is 26.4 Å². The van der Waals surface area contributed by atoms with Crippen molar-refractivity contribution in [3.05, 3.63) is 47.2 Å². The van der Waals surface area contributed by atoms with Crippen molar-refractivity contribution in [3.8, 4) is 17.0 Å². The van der Waals surface area contributed by atoms with Gasteiger partial charge < -0.3 is 15.9 Å². The number of benzene rings is 1. The maximum absolute atomic E-state index is 13.8. The Morgan fingerprint density at radius 2 is 1.84 bits per heavy atom. The SMILES string of the molecule is Cc1ccnc(-c2ccc(O)c3c2C[C@@H]2C[C@@H]4[C@@H](N(C)C)C(=O)C(C(N)=O)C(=O)[C@]4(O)C(=O)C2C3=O)c1. The van der Waals surface area contributed by atoms with E-state index in [1.165, 1.54) is 11.0 Å². The minimum absolute atomic E-state index is 0.000236. The van der Waals surface area contributed by atoms with Crippen molar-refractivity contribution >= 4 is 29.0 Å². The molecule has 1 aromatic heterocycles. The average Bonchev–Trinajstić information content (AvgIpc) is 2.81. The number of pyridine rings is 1. The van der Waals surface area contributed by atoms with Crippen molar-refractivity contribution < 1.29 is 34.2 Å². The first-order valence-electron chi connectivity index (χ1n) is 12.0. The molecule has 2 aromatic rings. The number of nitrogens with two attached hydrogens (primary N) is 1. The molecule has 10 nitrogen and oxygen atoms in total. The summed E-state index contributed by atoms with van der Waals surface area (Å²) in [5.41, 5.74) is 5.24. The van der Waals surface area contributed by atoms with Crippen LogP contribution in [-0.4, -0.2) is 74.9 Å². The van der Waals surface area contributed by atoms with E-state index in [9.17, 15) is 34.2 Å². The Kier molecular flexibility index (Phi) is 5.65. The van der Waals surface area contributed by atoms with Crippen LogP contribution in [0.1, 0.15) is 27.9 Å². The zero-order valence-electron chi connectivity index (χ0n) is 20.6. The maximum Gasteiger partial charge on any atom is 0.235 e. The molecule has 0 radical (unpaired) electrons. The number of fused-ring (bicyclic) bond motifs is 3. The first kappa shape index (κ1) is 24.9. The summed E-state index contributed by atoms with van der Waals surface area (Å²) in [6, 6.07) is 5.56. The van der Waals surface area contributed by atoms with Gasteiger partial charge in [0.2, 0.25) is 5.91 Å². The molecule has 2 unspecified atom stereocenters. The fourth-order valence-corrected chi connectivity index (χ4v) is 6.53. The first-order chi connectivity index (χ1) is 17.4. The number of aromatic hydroxyl groups is 1. The molecule has 2 saturated carbocycles. The molecule has 1 heterocycles. The van der Waals surface area contributed by atoms with Crippen molar-refractivity contribution in [2.24, 2.45) is 29.4 Å². The van der Waals surface area contributed by atoms with Gasteiger partial charge in [-0.15, -0.1) is 0 Å². The van der Waals surface area contributed by atoms with Gasteiger partial charge in [-0.1, -0.05) is 0 Å². The van der Waals surface area contributed by atoms with E-state index in [4.69, 9.17) is 5.73 Å². The van der Waals surface area contributed by atoms with Crippen LogP contribution >= 0.6 is 0 Å². The molecule has 1 amide bonds. The van der Waals surface area contributed by atoms with Crippen molar-refractivity contribution in [3.63, 3.8) is 0 Å². The number of aryl methyl sites for hydroxylation is 1. The molecule has 0 spiro atoms. The highest BCUT2D eigenvalue weighted by atomic mass is 16.3. The van der Waals surface area contributed by atoms with Crippen LogP contribution in [0.5, 0.6) is 5.75 Å². The molecule has 37 heavy (non-hydrogen) atoms. The highest BCUT2D eigenvalue weighted by molar-refractivity contribution is 6.32. The summed E-state index contributed by atoms with van der Waals surface area (Å²) >= 11 is 0. The van der Waals surface area contributed by atoms with Crippen molar-refractivity contribution in [1.29, 1.82) is 0 Å². The van der Waals surface area contributed by atoms with Crippen LogP contribution in [-0.2, 0) is 25.6 Å². The molecule has 0 saturated heterocycles. The molecule has 5 rings (SSSR count). The second-order valence-corrected chi connectivity index (χ2v) is 10.5. The largest absolute Gasteiger partial charge is 0.507 e. The number of Topliss-reactive ketones (excluding diaryl/α,β-unsaturated/α-hetero) is 4. The Morgan fingerprint density at radius 3 is 2.46 bits per heavy atom. The van der Waals surface area contributed by atoms with Crippen LogP contribution in [0.15, 0.2) is 30.5 Å². The number of amides is 1. The van der Waals surface area contributed by atoms with Gasteiger partial charge in [0, 0.05) is 17.7 Å². The molecule has 0 bridgehead atoms. The number of hydrogen-bond donors (Lipinski definition) is 3. The van der Waals surface area contributed by atoms with Crippen LogP contribution in [0.2, 0.25) is 0 Å². The third-order valence-electron chi connectivity index (χ3n) is 8.14. The van der Waals surface area contributed by atoms with Gasteiger partial charge in [-0.05, 0) is 75.2 Å². The quantitative estimate of drug-likeness (QED) is 0.495. The highest BCUT2D eigenvalue weighted by Gasteiger charge is 2.69. The normalized spacial score (nSPS) is 31.1. The van der Waals surface area contributed by atoms with Crippen LogP contribution in [0.4, 0.5) is 0 Å². The van der Waals surface area contributed by atoms with E-state index < -0.39 is 64.4 Å². The number of nitrogens with zero attached hydrogens (tertiary/aromatic N) is 2. The molecule has 1 aromatic carbocycles. The van der Waals surface area contributed by atoms with Crippen LogP contribution in [0, 0.1) is 30.6 Å². The average molecular weight is 506 g/mol. The van der Waals surface area contributed by atoms with E-state index in [2.05, 4.69) is 4.98 Å². The van der Waals surface area contributed by atoms with Gasteiger partial charge in [0.25, 0.3) is 0 Å². The van der Waals surface area contributed by atoms with Gasteiger partial charge in [0.1, 0.15) is 5.75 Å². The summed E-state index contributed by atoms with van der Waals surface area (Å²) < 4.78 is 0. The summed E-state index contributed by atoms with van der Waals surface area (Å²) in [6.07, 6.45) is 1.82. The second kappa shape index (κ2) is 8.39. The van der Waals surface area contributed by atoms with Gasteiger partial charge in [0.05, 0.1) is 23.2 Å². The number of aromatic nitrogens is 1. The lowest BCUT2D eigenvalue weighted by atomic mass is 9.52. The van der Waals surface area contributed by atoms with Crippen molar-refractivity contribution in [2.75, 3.05) is 14.1 Å². The molecular formula is C27H27N3O7. The third-order valence-corrected chi connectivity index (χ3v) is 8.14. The van der Waals surface area contributed by atoms with Gasteiger partial charge >= 0.3 is 0 Å². The minimum atomic E-state index is -2.73. The third kappa shape index (κ3) is 3.39. The second-order valence-electron chi connectivity index (χ2n) is 10.5. The number of likely N-dealkylation sites (N-methyl/N-ethyl adjacent to an activating group) is 1. The van der Waals surface area contributed by atoms with Crippen LogP contribution in [0.25, 0.3) is 11.3 Å². The lowest BCUT2D eigenvalue weighted by molar-refractivity contribution is -0.181. The molecule has 192 valence electrons. The van der Waals surface area contributed by atoms with E-state index in [1.807, 2.05) is 19.1 Å². The summed E-state index contributed by atoms with van der Waals surface area (Å²) in [5, 5.41) is 22.3. The molecule has 2 fully saturated rings. The van der Waals surface area contributed by atoms with Gasteiger partial charge in [-0.2, -0.15) is 0 Å². The lowest BCUT2D eigenvalue weighted by Gasteiger charge is -2.52. The Hall–Kier alpha value is -3.76. The smallest absolute Gasteiger partial charge is 0.235 e. The monoisotopic (exact) mass is 505 g/mol. The van der Waals surface area contributed by atoms with Crippen LogP contribution < -0.4 is 5.73 Å². The van der Waals surface area contributed by atoms with Gasteiger partial charge in [-0.25, -0.2) is 0 Å². The number of phenolic OH excluding ortho intramolecular Hbond substituents is 1. The zero-order chi connectivity index (χ0) is 27.0. The molecule has 3 aliphatic rings. The lowest BCUT2D eigenvalue weighted by Crippen LogP contribution is -2.74. The first-order valence-corrected chi connectivity index (χ1v) is 12.0. The number of primary amides is 1. The van der Waals surface area contributed by atoms with E-state index in [-0.39, 0.29) is 24.2 Å². The van der Waals surface area contributed by atoms with Gasteiger partial charge in [0.15, 0.2) is 34.7 Å². The highest BCUT2D eigenvalue weighted by Crippen LogP contribution is 2.51. The molecule has 4 N–H and O–H groups in total. The summed E-state index contributed by atoms with van der Waals surface area (Å²) in [4.78, 5) is 72.0. The Morgan fingerprint density at radius 1 is 1.14 bits per heavy atom. The van der Waals surface area contributed by atoms with Crippen molar-refractivity contribution in [1.82, 2.24) is 9.88 Å². The zero-order valence-corrected chi connectivity index (χ0v) is 20.6. The molecular weight excluding hydrogens is 478 g/mol. The van der Waals surface area contributed by atoms with Gasteiger partial charge in [-0.3, -0.25) is 33.9 Å². The predicted octanol–water partition coefficient (Wildman–Crippen LogP) is 0.237. The van der Waals surface area contributed by atoms with E-state index in [0.29, 0.717) is 16.8 Å². The Labute approximate surface area is 212 Å². The van der Waals surface area contributed by atoms with E-state index in [0.717, 1.165) is 5.56 Å². The number of aliphatic hydroxyl groups is 1. The number of carbonyl (C=O) groups excluding carboxylic acids is 5. The number of hydrogen-bond acceptors (Lipinski definition) is 9. The predicted molar refractivity (Wildman–Crippen MR) is 129 cm³/mol. The number of ketones is 4. The molecule has 6 atom stereocenters. The summed E-state index contributed by atoms with van der Waals surface area (Å²) in [6.45, 7) is 1.90. The van der Waals surface area contributed by atoms with Crippen molar-refractivity contribution in [2.45, 2.75) is 31.4 Å². The molecule has 3 aliphatic carbocycles. The summed E-state index contributed by atoms with van der Waals surface area (Å²) in [7, 11) is 3.10. The molecule has 10 heteroatoms. The summed E-state index contributed by atoms with van der Waals surface area (Å²) in [5.74, 6) is -10.6. The number of carbonyl (C=O) groups is 5. The standard InChI is InChI=1S/C27H27N3O7/c1-11-6-7-29-16(8-11)13-4-5-17(31)19-14(13)9-12-10-15-21(30(2)3)23(33)20(26(28)36)25(35)27(15,37)24(34)18(12)22(19)32/h4-8,12,15,18,20-21,31,37H,9-10H2,1-3H3,(H2,28,36)/t12-,15-,18?,20?,21-,27-/m1/s1. The fourth-order valence-electron chi connectivity index (χ4n) is 6.53. The Bertz CT molecular complexity index is 1400. The minimum Gasteiger partial charge on any atom is -0.507 e. The van der Waals surface area contributed by atoms with Crippen LogP contribution in [0.3, 0.4) is 0 Å². The number of phenols is 1. The molecule has 0 aliphatic heterocycles. The maximum atomic E-state index is 13.8. The Balaban J connectivity index is 1.67. The van der Waals surface area contributed by atoms with E-state index >= 15 is 0 Å². The number of rotatable bonds is 3.